The number of thiazole rings is 1. The van der Waals surface area contributed by atoms with E-state index in [9.17, 15) is 24.2 Å². The van der Waals surface area contributed by atoms with E-state index in [1.807, 2.05) is 0 Å². The van der Waals surface area contributed by atoms with Gasteiger partial charge in [0.25, 0.3) is 5.78 Å². The fraction of sp³-hybridized carbons (Fsp3) is 0.0800. The summed E-state index contributed by atoms with van der Waals surface area (Å²) in [4.78, 5) is 32.2. The monoisotopic (exact) mass is 554 g/mol. The molecule has 0 radical (unpaired) electrons. The molecule has 2 heterocycles. The number of halogens is 2. The topological polar surface area (TPSA) is 100.0 Å². The molecule has 1 atom stereocenters. The number of nitrogens with zero attached hydrogens (tertiary/aromatic N) is 2. The lowest BCUT2D eigenvalue weighted by atomic mass is 9.95. The molecule has 1 amide bonds. The van der Waals surface area contributed by atoms with Crippen LogP contribution in [-0.4, -0.2) is 34.0 Å². The lowest BCUT2D eigenvalue weighted by Gasteiger charge is -2.24. The molecular formula is C25H16BrFN2O5S. The van der Waals surface area contributed by atoms with E-state index in [1.54, 1.807) is 30.3 Å². The fourth-order valence-corrected chi connectivity index (χ4v) is 5.47. The minimum Gasteiger partial charge on any atom is -0.507 e. The van der Waals surface area contributed by atoms with Gasteiger partial charge in [-0.2, -0.15) is 0 Å². The first-order valence-corrected chi connectivity index (χ1v) is 11.9. The Morgan fingerprint density at radius 3 is 2.60 bits per heavy atom. The van der Waals surface area contributed by atoms with Crippen molar-refractivity contribution < 1.29 is 28.9 Å². The Labute approximate surface area is 210 Å². The molecule has 2 N–H and O–H groups in total. The molecule has 7 nitrogen and oxygen atoms in total. The maximum absolute atomic E-state index is 13.8. The van der Waals surface area contributed by atoms with Crippen molar-refractivity contribution in [3.05, 3.63) is 87.7 Å². The van der Waals surface area contributed by atoms with Crippen LogP contribution in [0.1, 0.15) is 17.2 Å². The van der Waals surface area contributed by atoms with Gasteiger partial charge in [0, 0.05) is 5.56 Å². The van der Waals surface area contributed by atoms with Gasteiger partial charge in [-0.3, -0.25) is 14.5 Å². The average Bonchev–Trinajstić information content (AvgIpc) is 3.38. The highest BCUT2D eigenvalue weighted by atomic mass is 79.9. The Morgan fingerprint density at radius 2 is 1.89 bits per heavy atom. The standard InChI is InChI=1S/C25H16BrFN2O5S/c1-34-17-10-13(9-15(26)22(17)31)20-19(21(30)12-5-3-2-4-6-12)23(32)24(33)29(20)25-28-16-8-7-14(27)11-18(16)35-25/h2-11,20,30-31H,1H3. The van der Waals surface area contributed by atoms with Gasteiger partial charge in [-0.15, -0.1) is 0 Å². The number of rotatable bonds is 4. The van der Waals surface area contributed by atoms with Gasteiger partial charge in [0.2, 0.25) is 0 Å². The number of ketones is 1. The zero-order valence-electron chi connectivity index (χ0n) is 18.0. The van der Waals surface area contributed by atoms with E-state index in [-0.39, 0.29) is 32.4 Å². The number of aromatic nitrogens is 1. The third kappa shape index (κ3) is 3.84. The summed E-state index contributed by atoms with van der Waals surface area (Å²) in [6, 6.07) is 14.4. The first-order chi connectivity index (χ1) is 16.8. The average molecular weight is 555 g/mol. The number of fused-ring (bicyclic) bond motifs is 1. The molecule has 0 spiro atoms. The van der Waals surface area contributed by atoms with Crippen molar-refractivity contribution in [2.75, 3.05) is 12.0 Å². The van der Waals surface area contributed by atoms with Gasteiger partial charge in [0.05, 0.1) is 33.4 Å². The predicted molar refractivity (Wildman–Crippen MR) is 133 cm³/mol. The summed E-state index contributed by atoms with van der Waals surface area (Å²) < 4.78 is 19.8. The van der Waals surface area contributed by atoms with Crippen molar-refractivity contribution >= 4 is 60.1 Å². The van der Waals surface area contributed by atoms with Gasteiger partial charge in [0.1, 0.15) is 11.6 Å². The second-order valence-corrected chi connectivity index (χ2v) is 9.56. The predicted octanol–water partition coefficient (Wildman–Crippen LogP) is 5.54. The van der Waals surface area contributed by atoms with Crippen molar-refractivity contribution in [2.24, 2.45) is 0 Å². The SMILES string of the molecule is COc1cc(C2C(=C(O)c3ccccc3)C(=O)C(=O)N2c2nc3ccc(F)cc3s2)cc(Br)c1O. The number of aliphatic hydroxyl groups is 1. The molecule has 0 aliphatic carbocycles. The molecule has 1 saturated heterocycles. The summed E-state index contributed by atoms with van der Waals surface area (Å²) in [6.07, 6.45) is 0. The molecular weight excluding hydrogens is 539 g/mol. The van der Waals surface area contributed by atoms with Crippen molar-refractivity contribution in [2.45, 2.75) is 6.04 Å². The summed E-state index contributed by atoms with van der Waals surface area (Å²) in [5, 5.41) is 21.6. The van der Waals surface area contributed by atoms with Crippen LogP contribution in [0.4, 0.5) is 9.52 Å². The van der Waals surface area contributed by atoms with Crippen molar-refractivity contribution in [3.8, 4) is 11.5 Å². The van der Waals surface area contributed by atoms with Crippen LogP contribution in [0.15, 0.2) is 70.7 Å². The Hall–Kier alpha value is -3.76. The van der Waals surface area contributed by atoms with Crippen LogP contribution < -0.4 is 9.64 Å². The van der Waals surface area contributed by atoms with Crippen LogP contribution in [0.3, 0.4) is 0 Å². The molecule has 4 aromatic rings. The molecule has 0 saturated carbocycles. The van der Waals surface area contributed by atoms with E-state index in [1.165, 1.54) is 42.3 Å². The number of hydrogen-bond acceptors (Lipinski definition) is 7. The quantitative estimate of drug-likeness (QED) is 0.195. The smallest absolute Gasteiger partial charge is 0.301 e. The highest BCUT2D eigenvalue weighted by Gasteiger charge is 2.48. The number of aliphatic hydroxyl groups excluding tert-OH is 1. The minimum absolute atomic E-state index is 0.103. The molecule has 1 unspecified atom stereocenters. The lowest BCUT2D eigenvalue weighted by Crippen LogP contribution is -2.29. The summed E-state index contributed by atoms with van der Waals surface area (Å²) >= 11 is 4.32. The van der Waals surface area contributed by atoms with E-state index in [0.29, 0.717) is 21.3 Å². The van der Waals surface area contributed by atoms with Gasteiger partial charge >= 0.3 is 5.91 Å². The molecule has 1 aliphatic rings. The lowest BCUT2D eigenvalue weighted by molar-refractivity contribution is -0.132. The molecule has 35 heavy (non-hydrogen) atoms. The van der Waals surface area contributed by atoms with Gasteiger partial charge in [0.15, 0.2) is 16.6 Å². The van der Waals surface area contributed by atoms with Gasteiger partial charge in [-0.25, -0.2) is 9.37 Å². The van der Waals surface area contributed by atoms with Crippen LogP contribution in [0.5, 0.6) is 11.5 Å². The van der Waals surface area contributed by atoms with E-state index < -0.39 is 23.5 Å². The number of Topliss-reactive ketones (excluding diaryl/α,β-unsaturated/α-hetero) is 1. The first-order valence-electron chi connectivity index (χ1n) is 10.3. The Morgan fingerprint density at radius 1 is 1.14 bits per heavy atom. The normalized spacial score (nSPS) is 17.3. The van der Waals surface area contributed by atoms with Crippen molar-refractivity contribution in [1.29, 1.82) is 0 Å². The van der Waals surface area contributed by atoms with E-state index >= 15 is 0 Å². The number of phenolic OH excluding ortho intramolecular Hbond substituents is 1. The van der Waals surface area contributed by atoms with Crippen LogP contribution in [0.25, 0.3) is 16.0 Å². The molecule has 0 bridgehead atoms. The summed E-state index contributed by atoms with van der Waals surface area (Å²) in [6.45, 7) is 0. The van der Waals surface area contributed by atoms with Crippen molar-refractivity contribution in [3.63, 3.8) is 0 Å². The number of carbonyl (C=O) groups is 2. The maximum Gasteiger partial charge on any atom is 0.301 e. The molecule has 5 rings (SSSR count). The largest absolute Gasteiger partial charge is 0.507 e. The third-order valence-electron chi connectivity index (χ3n) is 5.62. The first kappa shape index (κ1) is 23.0. The van der Waals surface area contributed by atoms with Crippen LogP contribution >= 0.6 is 27.3 Å². The van der Waals surface area contributed by atoms with Crippen molar-refractivity contribution in [1.82, 2.24) is 4.98 Å². The highest BCUT2D eigenvalue weighted by molar-refractivity contribution is 9.10. The highest BCUT2D eigenvalue weighted by Crippen LogP contribution is 2.47. The zero-order valence-corrected chi connectivity index (χ0v) is 20.4. The fourth-order valence-electron chi connectivity index (χ4n) is 3.99. The summed E-state index contributed by atoms with van der Waals surface area (Å²) in [5.41, 5.74) is 1.05. The number of methoxy groups -OCH3 is 1. The number of phenols is 1. The Kier molecular flexibility index (Phi) is 5.78. The molecule has 1 aliphatic heterocycles. The van der Waals surface area contributed by atoms with E-state index in [0.717, 1.165) is 11.3 Å². The number of carbonyl (C=O) groups excluding carboxylic acids is 2. The number of anilines is 1. The van der Waals surface area contributed by atoms with E-state index in [2.05, 4.69) is 20.9 Å². The number of amides is 1. The van der Waals surface area contributed by atoms with Gasteiger partial charge < -0.3 is 14.9 Å². The minimum atomic E-state index is -1.09. The van der Waals surface area contributed by atoms with Crippen LogP contribution in [-0.2, 0) is 9.59 Å². The molecule has 1 fully saturated rings. The Balaban J connectivity index is 1.78. The second-order valence-electron chi connectivity index (χ2n) is 7.70. The molecule has 176 valence electrons. The third-order valence-corrected chi connectivity index (χ3v) is 7.25. The maximum atomic E-state index is 13.8. The molecule has 10 heteroatoms. The van der Waals surface area contributed by atoms with Gasteiger partial charge in [-0.1, -0.05) is 41.7 Å². The van der Waals surface area contributed by atoms with Gasteiger partial charge in [-0.05, 0) is 51.8 Å². The summed E-state index contributed by atoms with van der Waals surface area (Å²) in [5.74, 6) is -2.66. The number of ether oxygens (including phenoxy) is 1. The molecule has 3 aromatic carbocycles. The number of aromatic hydroxyl groups is 1. The van der Waals surface area contributed by atoms with Crippen LogP contribution in [0.2, 0.25) is 0 Å². The summed E-state index contributed by atoms with van der Waals surface area (Å²) in [7, 11) is 1.37. The van der Waals surface area contributed by atoms with Crippen LogP contribution in [0, 0.1) is 5.82 Å². The zero-order chi connectivity index (χ0) is 24.9. The molecule has 1 aromatic heterocycles. The number of hydrogen-bond donors (Lipinski definition) is 2. The second kappa shape index (κ2) is 8.79. The number of benzene rings is 3. The Bertz CT molecular complexity index is 1540. The van der Waals surface area contributed by atoms with E-state index in [4.69, 9.17) is 4.74 Å².